The number of nitrogens with zero attached hydrogens (tertiary/aromatic N) is 2. The maximum Gasteiger partial charge on any atom is 0.255 e. The summed E-state index contributed by atoms with van der Waals surface area (Å²) < 4.78 is 0. The van der Waals surface area contributed by atoms with E-state index in [0.717, 1.165) is 21.9 Å². The highest BCUT2D eigenvalue weighted by molar-refractivity contribution is 6.04. The zero-order valence-electron chi connectivity index (χ0n) is 18.4. The zero-order chi connectivity index (χ0) is 23.2. The van der Waals surface area contributed by atoms with Crippen LogP contribution >= 0.6 is 0 Å². The number of hydrogen-bond acceptors (Lipinski definition) is 4. The topological polar surface area (TPSA) is 88.3 Å². The smallest absolute Gasteiger partial charge is 0.255 e. The van der Waals surface area contributed by atoms with E-state index in [-0.39, 0.29) is 17.9 Å². The number of carbonyl (C=O) groups excluding carboxylic acids is 2. The summed E-state index contributed by atoms with van der Waals surface area (Å²) in [6, 6.07) is 24.4. The van der Waals surface area contributed by atoms with Gasteiger partial charge in [-0.05, 0) is 46.2 Å². The first-order chi connectivity index (χ1) is 16.0. The predicted molar refractivity (Wildman–Crippen MR) is 131 cm³/mol. The highest BCUT2D eigenvalue weighted by Gasteiger charge is 2.16. The fraction of sp³-hybridized carbons (Fsp3) is 0.148. The minimum absolute atomic E-state index is 0.00841. The van der Waals surface area contributed by atoms with Crippen molar-refractivity contribution in [1.82, 2.24) is 9.88 Å². The molecule has 0 aliphatic rings. The van der Waals surface area contributed by atoms with Crippen molar-refractivity contribution in [3.8, 4) is 0 Å². The third-order valence-corrected chi connectivity index (χ3v) is 5.60. The summed E-state index contributed by atoms with van der Waals surface area (Å²) in [5, 5.41) is 5.10. The number of hydrogen-bond donors (Lipinski definition) is 2. The first kappa shape index (κ1) is 22.2. The Morgan fingerprint density at radius 3 is 2.36 bits per heavy atom. The molecule has 1 aromatic heterocycles. The number of nitrogens with two attached hydrogens (primary N) is 1. The lowest BCUT2D eigenvalue weighted by molar-refractivity contribution is -0.129. The zero-order valence-corrected chi connectivity index (χ0v) is 18.4. The monoisotopic (exact) mass is 438 g/mol. The van der Waals surface area contributed by atoms with Crippen molar-refractivity contribution in [1.29, 1.82) is 0 Å². The lowest BCUT2D eigenvalue weighted by atomic mass is 10.0. The number of anilines is 1. The van der Waals surface area contributed by atoms with Gasteiger partial charge in [-0.25, -0.2) is 0 Å². The summed E-state index contributed by atoms with van der Waals surface area (Å²) in [4.78, 5) is 30.7. The number of amides is 2. The molecule has 4 rings (SSSR count). The van der Waals surface area contributed by atoms with Gasteiger partial charge in [0, 0.05) is 43.3 Å². The van der Waals surface area contributed by atoms with Gasteiger partial charge < -0.3 is 16.0 Å². The van der Waals surface area contributed by atoms with E-state index in [9.17, 15) is 9.59 Å². The van der Waals surface area contributed by atoms with Crippen LogP contribution in [-0.4, -0.2) is 35.3 Å². The molecule has 0 fully saturated rings. The van der Waals surface area contributed by atoms with E-state index < -0.39 is 0 Å². The van der Waals surface area contributed by atoms with E-state index in [1.165, 1.54) is 0 Å². The maximum atomic E-state index is 12.7. The number of carbonyl (C=O) groups is 2. The molecule has 3 N–H and O–H groups in total. The molecule has 1 unspecified atom stereocenters. The van der Waals surface area contributed by atoms with Crippen LogP contribution in [0.15, 0.2) is 91.3 Å². The molecule has 1 atom stereocenters. The predicted octanol–water partition coefficient (Wildman–Crippen LogP) is 4.19. The van der Waals surface area contributed by atoms with Gasteiger partial charge in [-0.15, -0.1) is 0 Å². The van der Waals surface area contributed by atoms with Gasteiger partial charge in [0.05, 0.1) is 6.42 Å². The van der Waals surface area contributed by atoms with E-state index in [2.05, 4.69) is 22.4 Å². The van der Waals surface area contributed by atoms with E-state index in [4.69, 9.17) is 5.73 Å². The second-order valence-corrected chi connectivity index (χ2v) is 8.05. The van der Waals surface area contributed by atoms with E-state index >= 15 is 0 Å². The molecule has 33 heavy (non-hydrogen) atoms. The Hall–Kier alpha value is -4.03. The Morgan fingerprint density at radius 2 is 1.64 bits per heavy atom. The largest absolute Gasteiger partial charge is 0.344 e. The molecule has 4 aromatic rings. The first-order valence-electron chi connectivity index (χ1n) is 10.8. The Bertz CT molecular complexity index is 1260. The van der Waals surface area contributed by atoms with Crippen molar-refractivity contribution < 1.29 is 9.59 Å². The van der Waals surface area contributed by atoms with Crippen molar-refractivity contribution >= 4 is 28.3 Å². The van der Waals surface area contributed by atoms with Gasteiger partial charge >= 0.3 is 0 Å². The number of likely N-dealkylation sites (N-methyl/N-ethyl adjacent to an activating group) is 1. The minimum Gasteiger partial charge on any atom is -0.344 e. The molecule has 166 valence electrons. The van der Waals surface area contributed by atoms with Crippen LogP contribution in [0.25, 0.3) is 10.8 Å². The number of fused-ring (bicyclic) bond motifs is 1. The Kier molecular flexibility index (Phi) is 6.76. The van der Waals surface area contributed by atoms with Crippen LogP contribution < -0.4 is 11.1 Å². The molecule has 3 aromatic carbocycles. The van der Waals surface area contributed by atoms with Crippen LogP contribution in [0.4, 0.5) is 5.69 Å². The summed E-state index contributed by atoms with van der Waals surface area (Å²) in [6.45, 7) is 0.384. The lowest BCUT2D eigenvalue weighted by Gasteiger charge is -2.22. The van der Waals surface area contributed by atoms with Crippen LogP contribution in [0, 0.1) is 0 Å². The molecule has 0 bridgehead atoms. The first-order valence-corrected chi connectivity index (χ1v) is 10.8. The molecule has 0 saturated carbocycles. The second-order valence-electron chi connectivity index (χ2n) is 8.05. The Morgan fingerprint density at radius 1 is 0.939 bits per heavy atom. The van der Waals surface area contributed by atoms with Crippen molar-refractivity contribution in [2.75, 3.05) is 18.9 Å². The molecular weight excluding hydrogens is 412 g/mol. The van der Waals surface area contributed by atoms with Crippen molar-refractivity contribution in [3.05, 3.63) is 108 Å². The highest BCUT2D eigenvalue weighted by Crippen LogP contribution is 2.18. The summed E-state index contributed by atoms with van der Waals surface area (Å²) >= 11 is 0. The van der Waals surface area contributed by atoms with Crippen molar-refractivity contribution in [2.45, 2.75) is 12.5 Å². The number of rotatable bonds is 7. The highest BCUT2D eigenvalue weighted by atomic mass is 16.2. The molecule has 1 heterocycles. The molecule has 6 nitrogen and oxygen atoms in total. The van der Waals surface area contributed by atoms with Crippen LogP contribution in [0.3, 0.4) is 0 Å². The quantitative estimate of drug-likeness (QED) is 0.453. The van der Waals surface area contributed by atoms with Crippen LogP contribution in [-0.2, 0) is 11.2 Å². The van der Waals surface area contributed by atoms with Gasteiger partial charge in [0.1, 0.15) is 0 Å². The summed E-state index contributed by atoms with van der Waals surface area (Å²) in [7, 11) is 1.76. The van der Waals surface area contributed by atoms with Gasteiger partial charge in [0.15, 0.2) is 0 Å². The maximum absolute atomic E-state index is 12.7. The summed E-state index contributed by atoms with van der Waals surface area (Å²) in [5.74, 6) is -0.196. The summed E-state index contributed by atoms with van der Waals surface area (Å²) in [6.07, 6.45) is 3.56. The molecule has 0 radical (unpaired) electrons. The molecule has 0 aliphatic carbocycles. The molecule has 0 saturated heterocycles. The Labute approximate surface area is 193 Å². The van der Waals surface area contributed by atoms with Gasteiger partial charge in [0.2, 0.25) is 5.91 Å². The van der Waals surface area contributed by atoms with Crippen LogP contribution in [0.1, 0.15) is 27.5 Å². The minimum atomic E-state index is -0.354. The number of pyridine rings is 1. The molecule has 0 aliphatic heterocycles. The van der Waals surface area contributed by atoms with Crippen LogP contribution in [0.5, 0.6) is 0 Å². The lowest BCUT2D eigenvalue weighted by Crippen LogP contribution is -2.35. The van der Waals surface area contributed by atoms with Crippen LogP contribution in [0.2, 0.25) is 0 Å². The number of nitrogens with one attached hydrogen (secondary N) is 1. The number of benzene rings is 3. The fourth-order valence-electron chi connectivity index (χ4n) is 3.68. The average molecular weight is 439 g/mol. The SMILES string of the molecule is CN(CC(N)c1ccc(C(=O)Nc2ccncc2)cc1)C(=O)Cc1ccc2ccccc2c1. The van der Waals surface area contributed by atoms with E-state index in [1.807, 2.05) is 42.5 Å². The van der Waals surface area contributed by atoms with Crippen molar-refractivity contribution in [2.24, 2.45) is 5.73 Å². The second kappa shape index (κ2) is 10.1. The third kappa shape index (κ3) is 5.61. The standard InChI is InChI=1S/C27H26N4O2/c1-31(26(32)17-19-6-7-20-4-2-3-5-23(20)16-19)18-25(28)21-8-10-22(11-9-21)27(33)30-24-12-14-29-15-13-24/h2-16,25H,17-18,28H2,1H3,(H,29,30,33). The fourth-order valence-corrected chi connectivity index (χ4v) is 3.68. The van der Waals surface area contributed by atoms with E-state index in [1.54, 1.807) is 48.6 Å². The van der Waals surface area contributed by atoms with Gasteiger partial charge in [0.25, 0.3) is 5.91 Å². The average Bonchev–Trinajstić information content (AvgIpc) is 2.84. The third-order valence-electron chi connectivity index (χ3n) is 5.60. The van der Waals surface area contributed by atoms with Gasteiger partial charge in [-0.2, -0.15) is 0 Å². The molecule has 6 heteroatoms. The van der Waals surface area contributed by atoms with E-state index in [0.29, 0.717) is 24.2 Å². The molecule has 0 spiro atoms. The molecule has 2 amide bonds. The normalized spacial score (nSPS) is 11.7. The van der Waals surface area contributed by atoms with Crippen molar-refractivity contribution in [3.63, 3.8) is 0 Å². The van der Waals surface area contributed by atoms with Gasteiger partial charge in [-0.1, -0.05) is 54.6 Å². The summed E-state index contributed by atoms with van der Waals surface area (Å²) in [5.41, 5.74) is 9.40. The number of aromatic nitrogens is 1. The molecular formula is C27H26N4O2. The Balaban J connectivity index is 1.34. The van der Waals surface area contributed by atoms with Gasteiger partial charge in [-0.3, -0.25) is 14.6 Å².